The lowest BCUT2D eigenvalue weighted by Gasteiger charge is -2.10. The van der Waals surface area contributed by atoms with E-state index >= 15 is 0 Å². The van der Waals surface area contributed by atoms with Gasteiger partial charge in [-0.1, -0.05) is 6.07 Å². The summed E-state index contributed by atoms with van der Waals surface area (Å²) in [5.41, 5.74) is 7.33. The van der Waals surface area contributed by atoms with Crippen LogP contribution in [0.25, 0.3) is 16.9 Å². The molecule has 3 rings (SSSR count). The van der Waals surface area contributed by atoms with Gasteiger partial charge in [0.05, 0.1) is 17.1 Å². The van der Waals surface area contributed by atoms with Crippen LogP contribution in [0.1, 0.15) is 18.8 Å². The predicted molar refractivity (Wildman–Crippen MR) is 85.9 cm³/mol. The lowest BCUT2D eigenvalue weighted by molar-refractivity contribution is 0.629. The van der Waals surface area contributed by atoms with Crippen molar-refractivity contribution in [3.63, 3.8) is 0 Å². The molecule has 1 atom stereocenters. The van der Waals surface area contributed by atoms with Crippen molar-refractivity contribution >= 4 is 35.8 Å². The number of benzene rings is 1. The Morgan fingerprint density at radius 3 is 2.57 bits per heavy atom. The molecule has 2 heterocycles. The number of fused-ring (bicyclic) bond motifs is 1. The second-order valence-electron chi connectivity index (χ2n) is 4.42. The maximum Gasteiger partial charge on any atom is 0.138 e. The van der Waals surface area contributed by atoms with E-state index in [-0.39, 0.29) is 36.7 Å². The average molecular weight is 329 g/mol. The van der Waals surface area contributed by atoms with Crippen LogP contribution in [0.15, 0.2) is 42.6 Å². The molecule has 0 amide bonds. The molecule has 0 saturated carbocycles. The number of halogens is 3. The number of hydrogen-bond acceptors (Lipinski definition) is 3. The highest BCUT2D eigenvalue weighted by Gasteiger charge is 2.16. The minimum atomic E-state index is -0.305. The van der Waals surface area contributed by atoms with Crippen LogP contribution in [0, 0.1) is 5.82 Å². The third kappa shape index (κ3) is 3.15. The van der Waals surface area contributed by atoms with Crippen molar-refractivity contribution < 1.29 is 4.39 Å². The molecule has 21 heavy (non-hydrogen) atoms. The van der Waals surface area contributed by atoms with Gasteiger partial charge >= 0.3 is 0 Å². The van der Waals surface area contributed by atoms with E-state index in [4.69, 9.17) is 5.73 Å². The molecule has 2 N–H and O–H groups in total. The SMILES string of the molecule is C[C@H](N)c1nc2ccc(F)cc2n1-c1ccccn1.Cl.Cl. The lowest BCUT2D eigenvalue weighted by atomic mass is 10.3. The van der Waals surface area contributed by atoms with E-state index in [1.807, 2.05) is 25.1 Å². The van der Waals surface area contributed by atoms with Crippen molar-refractivity contribution in [2.45, 2.75) is 13.0 Å². The fraction of sp³-hybridized carbons (Fsp3) is 0.143. The first-order valence-corrected chi connectivity index (χ1v) is 6.01. The van der Waals surface area contributed by atoms with E-state index < -0.39 is 0 Å². The van der Waals surface area contributed by atoms with Gasteiger partial charge in [0.15, 0.2) is 0 Å². The fourth-order valence-corrected chi connectivity index (χ4v) is 2.10. The average Bonchev–Trinajstić information content (AvgIpc) is 2.78. The molecule has 1 aromatic carbocycles. The number of nitrogens with zero attached hydrogens (tertiary/aromatic N) is 3. The van der Waals surface area contributed by atoms with Gasteiger partial charge in [-0.15, -0.1) is 24.8 Å². The second kappa shape index (κ2) is 6.85. The standard InChI is InChI=1S/C14H13FN4.2ClH/c1-9(16)14-18-11-6-5-10(15)8-12(11)19(14)13-4-2-3-7-17-13;;/h2-9H,16H2,1H3;2*1H/t9-;;/m0../s1. The van der Waals surface area contributed by atoms with Crippen molar-refractivity contribution in [3.05, 3.63) is 54.2 Å². The third-order valence-corrected chi connectivity index (χ3v) is 2.93. The van der Waals surface area contributed by atoms with Crippen molar-refractivity contribution in [1.82, 2.24) is 14.5 Å². The van der Waals surface area contributed by atoms with Crippen molar-refractivity contribution in [1.29, 1.82) is 0 Å². The van der Waals surface area contributed by atoms with Crippen molar-refractivity contribution in [2.75, 3.05) is 0 Å². The minimum absolute atomic E-state index is 0. The molecule has 0 spiro atoms. The Morgan fingerprint density at radius 2 is 1.95 bits per heavy atom. The molecule has 0 fully saturated rings. The Kier molecular flexibility index (Phi) is 5.66. The molecule has 0 radical (unpaired) electrons. The molecule has 3 aromatic rings. The fourth-order valence-electron chi connectivity index (χ4n) is 2.10. The monoisotopic (exact) mass is 328 g/mol. The number of hydrogen-bond donors (Lipinski definition) is 1. The summed E-state index contributed by atoms with van der Waals surface area (Å²) in [4.78, 5) is 8.75. The van der Waals surface area contributed by atoms with Gasteiger partial charge in [0, 0.05) is 12.3 Å². The predicted octanol–water partition coefficient (Wildman–Crippen LogP) is 3.42. The normalized spacial score (nSPS) is 11.6. The maximum absolute atomic E-state index is 13.4. The molecule has 4 nitrogen and oxygen atoms in total. The van der Waals surface area contributed by atoms with E-state index in [1.165, 1.54) is 12.1 Å². The Labute approximate surface area is 134 Å². The quantitative estimate of drug-likeness (QED) is 0.784. The third-order valence-electron chi connectivity index (χ3n) is 2.93. The van der Waals surface area contributed by atoms with Gasteiger partial charge in [0.2, 0.25) is 0 Å². The van der Waals surface area contributed by atoms with Gasteiger partial charge in [0.25, 0.3) is 0 Å². The molecule has 0 saturated heterocycles. The Balaban J connectivity index is 0.00000110. The zero-order valence-electron chi connectivity index (χ0n) is 11.2. The van der Waals surface area contributed by atoms with Crippen LogP contribution in [0.3, 0.4) is 0 Å². The van der Waals surface area contributed by atoms with Crippen LogP contribution in [0.2, 0.25) is 0 Å². The Bertz CT molecular complexity index is 728. The number of nitrogens with two attached hydrogens (primary N) is 1. The van der Waals surface area contributed by atoms with Crippen molar-refractivity contribution in [3.8, 4) is 5.82 Å². The van der Waals surface area contributed by atoms with E-state index in [9.17, 15) is 4.39 Å². The molecule has 0 bridgehead atoms. The highest BCUT2D eigenvalue weighted by molar-refractivity contribution is 5.85. The smallest absolute Gasteiger partial charge is 0.138 e. The lowest BCUT2D eigenvalue weighted by Crippen LogP contribution is -2.13. The summed E-state index contributed by atoms with van der Waals surface area (Å²) in [7, 11) is 0. The van der Waals surface area contributed by atoms with Crippen LogP contribution in [0.5, 0.6) is 0 Å². The largest absolute Gasteiger partial charge is 0.322 e. The second-order valence-corrected chi connectivity index (χ2v) is 4.42. The molecular formula is C14H15Cl2FN4. The maximum atomic E-state index is 13.4. The Hall–Kier alpha value is -1.69. The number of imidazole rings is 1. The van der Waals surface area contributed by atoms with Gasteiger partial charge in [0.1, 0.15) is 17.5 Å². The molecule has 0 aliphatic rings. The van der Waals surface area contributed by atoms with Crippen LogP contribution in [-0.4, -0.2) is 14.5 Å². The Morgan fingerprint density at radius 1 is 1.19 bits per heavy atom. The molecule has 2 aromatic heterocycles. The molecular weight excluding hydrogens is 314 g/mol. The minimum Gasteiger partial charge on any atom is -0.322 e. The van der Waals surface area contributed by atoms with Crippen LogP contribution < -0.4 is 5.73 Å². The van der Waals surface area contributed by atoms with Crippen molar-refractivity contribution in [2.24, 2.45) is 5.73 Å². The highest BCUT2D eigenvalue weighted by Crippen LogP contribution is 2.24. The van der Waals surface area contributed by atoms with E-state index in [0.717, 1.165) is 0 Å². The van der Waals surface area contributed by atoms with Gasteiger partial charge in [-0.25, -0.2) is 14.4 Å². The summed E-state index contributed by atoms with van der Waals surface area (Å²) >= 11 is 0. The van der Waals surface area contributed by atoms with Gasteiger partial charge < -0.3 is 5.73 Å². The van der Waals surface area contributed by atoms with Gasteiger partial charge in [-0.2, -0.15) is 0 Å². The van der Waals surface area contributed by atoms with E-state index in [1.54, 1.807) is 16.8 Å². The first-order valence-electron chi connectivity index (χ1n) is 6.01. The first-order chi connectivity index (χ1) is 9.16. The zero-order chi connectivity index (χ0) is 13.4. The number of aromatic nitrogens is 3. The molecule has 7 heteroatoms. The molecule has 112 valence electrons. The van der Waals surface area contributed by atoms with Crippen LogP contribution in [-0.2, 0) is 0 Å². The van der Waals surface area contributed by atoms with Gasteiger partial charge in [-0.05, 0) is 31.2 Å². The van der Waals surface area contributed by atoms with E-state index in [0.29, 0.717) is 22.7 Å². The summed E-state index contributed by atoms with van der Waals surface area (Å²) in [5, 5.41) is 0. The highest BCUT2D eigenvalue weighted by atomic mass is 35.5. The van der Waals surface area contributed by atoms with Crippen LogP contribution >= 0.6 is 24.8 Å². The summed E-state index contributed by atoms with van der Waals surface area (Å²) < 4.78 is 15.2. The first kappa shape index (κ1) is 17.4. The molecule has 0 aliphatic heterocycles. The summed E-state index contributed by atoms with van der Waals surface area (Å²) in [6, 6.07) is 9.77. The molecule has 0 unspecified atom stereocenters. The summed E-state index contributed by atoms with van der Waals surface area (Å²) in [5.74, 6) is 1.04. The number of rotatable bonds is 2. The summed E-state index contributed by atoms with van der Waals surface area (Å²) in [6.45, 7) is 1.84. The van der Waals surface area contributed by atoms with Gasteiger partial charge in [-0.3, -0.25) is 4.57 Å². The van der Waals surface area contributed by atoms with E-state index in [2.05, 4.69) is 9.97 Å². The number of pyridine rings is 1. The molecule has 0 aliphatic carbocycles. The summed E-state index contributed by atoms with van der Waals surface area (Å²) in [6.07, 6.45) is 1.69. The van der Waals surface area contributed by atoms with Crippen LogP contribution in [0.4, 0.5) is 4.39 Å². The topological polar surface area (TPSA) is 56.7 Å². The zero-order valence-corrected chi connectivity index (χ0v) is 12.9.